The van der Waals surface area contributed by atoms with Gasteiger partial charge in [0.1, 0.15) is 12.2 Å². The number of esters is 1. The first-order valence-electron chi connectivity index (χ1n) is 5.06. The molecule has 0 atom stereocenters. The van der Waals surface area contributed by atoms with E-state index in [1.165, 1.54) is 7.11 Å². The van der Waals surface area contributed by atoms with Gasteiger partial charge in [0, 0.05) is 13.2 Å². The van der Waals surface area contributed by atoms with Crippen LogP contribution < -0.4 is 4.74 Å². The highest BCUT2D eigenvalue weighted by atomic mass is 35.5. The highest BCUT2D eigenvalue weighted by Gasteiger charge is 2.24. The molecule has 1 aromatic rings. The molecule has 0 aliphatic rings. The smallest absolute Gasteiger partial charge is 0.343 e. The van der Waals surface area contributed by atoms with E-state index in [0.717, 1.165) is 13.2 Å². The summed E-state index contributed by atoms with van der Waals surface area (Å²) >= 11 is 5.64. The van der Waals surface area contributed by atoms with Crippen molar-refractivity contribution >= 4 is 23.3 Å². The second kappa shape index (κ2) is 6.86. The minimum Gasteiger partial charge on any atom is -0.475 e. The van der Waals surface area contributed by atoms with Crippen LogP contribution in [0.3, 0.4) is 0 Å². The van der Waals surface area contributed by atoms with Gasteiger partial charge in [-0.3, -0.25) is 10.1 Å². The second-order valence-electron chi connectivity index (χ2n) is 3.24. The molecule has 0 unspecified atom stereocenters. The maximum atomic E-state index is 11.5. The Morgan fingerprint density at radius 1 is 1.47 bits per heavy atom. The Labute approximate surface area is 113 Å². The molecule has 8 nitrogen and oxygen atoms in total. The van der Waals surface area contributed by atoms with Crippen molar-refractivity contribution in [2.24, 2.45) is 0 Å². The summed E-state index contributed by atoms with van der Waals surface area (Å²) in [5, 5.41) is 10.4. The van der Waals surface area contributed by atoms with Gasteiger partial charge in [0.05, 0.1) is 18.6 Å². The predicted octanol–water partition coefficient (Wildman–Crippen LogP) is 1.46. The number of pyridine rings is 1. The van der Waals surface area contributed by atoms with Crippen LogP contribution in [0.4, 0.5) is 5.69 Å². The largest absolute Gasteiger partial charge is 0.475 e. The number of hydrogen-bond acceptors (Lipinski definition) is 7. The van der Waals surface area contributed by atoms with Gasteiger partial charge < -0.3 is 14.2 Å². The third kappa shape index (κ3) is 3.76. The molecule has 0 aliphatic heterocycles. The maximum absolute atomic E-state index is 11.5. The lowest BCUT2D eigenvalue weighted by molar-refractivity contribution is -0.385. The molecule has 0 fully saturated rings. The molecule has 0 amide bonds. The van der Waals surface area contributed by atoms with E-state index in [0.29, 0.717) is 0 Å². The number of aromatic nitrogens is 1. The zero-order chi connectivity index (χ0) is 14.4. The van der Waals surface area contributed by atoms with Crippen LogP contribution in [-0.4, -0.2) is 43.3 Å². The van der Waals surface area contributed by atoms with Gasteiger partial charge in [0.25, 0.3) is 0 Å². The third-order valence-electron chi connectivity index (χ3n) is 2.05. The van der Waals surface area contributed by atoms with Gasteiger partial charge >= 0.3 is 11.7 Å². The molecule has 0 saturated heterocycles. The molecule has 19 heavy (non-hydrogen) atoms. The van der Waals surface area contributed by atoms with Crippen LogP contribution in [0.2, 0.25) is 5.15 Å². The van der Waals surface area contributed by atoms with Crippen LogP contribution in [0.25, 0.3) is 0 Å². The van der Waals surface area contributed by atoms with Crippen LogP contribution in [0, 0.1) is 10.1 Å². The zero-order valence-electron chi connectivity index (χ0n) is 10.2. The topological polar surface area (TPSA) is 101 Å². The summed E-state index contributed by atoms with van der Waals surface area (Å²) in [5.74, 6) is -0.945. The zero-order valence-corrected chi connectivity index (χ0v) is 11.0. The molecule has 0 bridgehead atoms. The van der Waals surface area contributed by atoms with E-state index in [1.54, 1.807) is 0 Å². The first kappa shape index (κ1) is 15.1. The van der Waals surface area contributed by atoms with Crippen molar-refractivity contribution in [3.8, 4) is 5.88 Å². The first-order chi connectivity index (χ1) is 9.01. The normalized spacial score (nSPS) is 10.1. The van der Waals surface area contributed by atoms with E-state index in [-0.39, 0.29) is 29.8 Å². The van der Waals surface area contributed by atoms with Crippen molar-refractivity contribution in [2.45, 2.75) is 0 Å². The highest BCUT2D eigenvalue weighted by Crippen LogP contribution is 2.29. The summed E-state index contributed by atoms with van der Waals surface area (Å²) in [6.45, 7) is 0.374. The quantitative estimate of drug-likeness (QED) is 0.257. The fraction of sp³-hybridized carbons (Fsp3) is 0.400. The minimum absolute atomic E-state index is 0.113. The van der Waals surface area contributed by atoms with E-state index >= 15 is 0 Å². The molecule has 1 aromatic heterocycles. The van der Waals surface area contributed by atoms with Gasteiger partial charge in [-0.1, -0.05) is 11.6 Å². The summed E-state index contributed by atoms with van der Waals surface area (Å²) in [7, 11) is 2.61. The van der Waals surface area contributed by atoms with Crippen molar-refractivity contribution in [3.05, 3.63) is 26.9 Å². The number of carbonyl (C=O) groups excluding carboxylic acids is 1. The second-order valence-corrected chi connectivity index (χ2v) is 3.60. The van der Waals surface area contributed by atoms with Crippen molar-refractivity contribution in [1.29, 1.82) is 0 Å². The Morgan fingerprint density at radius 3 is 2.68 bits per heavy atom. The van der Waals surface area contributed by atoms with Gasteiger partial charge in [-0.15, -0.1) is 0 Å². The number of hydrogen-bond donors (Lipinski definition) is 0. The fourth-order valence-corrected chi connectivity index (χ4v) is 1.38. The SMILES string of the molecule is COCCOc1nc(Cl)c([N+](=O)[O-])cc1C(=O)OC. The summed E-state index contributed by atoms with van der Waals surface area (Å²) in [5.41, 5.74) is -0.670. The number of methoxy groups -OCH3 is 2. The van der Waals surface area contributed by atoms with Gasteiger partial charge in [0.15, 0.2) is 0 Å². The lowest BCUT2D eigenvalue weighted by atomic mass is 10.2. The number of nitrogens with zero attached hydrogens (tertiary/aromatic N) is 2. The molecular weight excluding hydrogens is 280 g/mol. The Bertz CT molecular complexity index is 493. The van der Waals surface area contributed by atoms with Crippen LogP contribution in [0.1, 0.15) is 10.4 Å². The summed E-state index contributed by atoms with van der Waals surface area (Å²) in [6.07, 6.45) is 0. The van der Waals surface area contributed by atoms with Gasteiger partial charge in [-0.25, -0.2) is 4.79 Å². The number of halogens is 1. The van der Waals surface area contributed by atoms with Gasteiger partial charge in [-0.2, -0.15) is 4.98 Å². The van der Waals surface area contributed by atoms with Crippen LogP contribution in [0.5, 0.6) is 5.88 Å². The molecule has 1 heterocycles. The van der Waals surface area contributed by atoms with E-state index in [9.17, 15) is 14.9 Å². The average molecular weight is 291 g/mol. The molecule has 0 aliphatic carbocycles. The van der Waals surface area contributed by atoms with Crippen molar-refractivity contribution in [2.75, 3.05) is 27.4 Å². The first-order valence-corrected chi connectivity index (χ1v) is 5.44. The van der Waals surface area contributed by atoms with E-state index in [2.05, 4.69) is 9.72 Å². The van der Waals surface area contributed by atoms with Gasteiger partial charge in [-0.05, 0) is 0 Å². The lowest BCUT2D eigenvalue weighted by Gasteiger charge is -2.09. The Morgan fingerprint density at radius 2 is 2.16 bits per heavy atom. The third-order valence-corrected chi connectivity index (χ3v) is 2.33. The van der Waals surface area contributed by atoms with Gasteiger partial charge in [0.2, 0.25) is 11.0 Å². The van der Waals surface area contributed by atoms with Crippen molar-refractivity contribution in [1.82, 2.24) is 4.98 Å². The highest BCUT2D eigenvalue weighted by molar-refractivity contribution is 6.31. The predicted molar refractivity (Wildman–Crippen MR) is 64.6 cm³/mol. The number of nitro groups is 1. The summed E-state index contributed by atoms with van der Waals surface area (Å²) in [4.78, 5) is 25.2. The molecule has 0 radical (unpaired) electrons. The fourth-order valence-electron chi connectivity index (χ4n) is 1.18. The van der Waals surface area contributed by atoms with E-state index in [1.807, 2.05) is 0 Å². The van der Waals surface area contributed by atoms with Crippen LogP contribution >= 0.6 is 11.6 Å². The molecule has 0 N–H and O–H groups in total. The molecule has 9 heteroatoms. The van der Waals surface area contributed by atoms with E-state index in [4.69, 9.17) is 21.1 Å². The molecule has 0 aromatic carbocycles. The summed E-state index contributed by atoms with van der Waals surface area (Å²) in [6, 6.07) is 0.962. The van der Waals surface area contributed by atoms with Crippen molar-refractivity contribution < 1.29 is 23.9 Å². The number of ether oxygens (including phenoxy) is 3. The number of rotatable bonds is 6. The Kier molecular flexibility index (Phi) is 5.46. The Hall–Kier alpha value is -1.93. The average Bonchev–Trinajstić information content (AvgIpc) is 2.38. The minimum atomic E-state index is -0.806. The van der Waals surface area contributed by atoms with Crippen molar-refractivity contribution in [3.63, 3.8) is 0 Å². The maximum Gasteiger partial charge on any atom is 0.343 e. The molecule has 0 spiro atoms. The number of carbonyl (C=O) groups is 1. The monoisotopic (exact) mass is 290 g/mol. The molecule has 104 valence electrons. The summed E-state index contributed by atoms with van der Waals surface area (Å²) < 4.78 is 14.4. The molecular formula is C10H11ClN2O6. The Balaban J connectivity index is 3.16. The standard InChI is InChI=1S/C10H11ClN2O6/c1-17-3-4-19-9-6(10(14)18-2)5-7(13(15)16)8(11)12-9/h5H,3-4H2,1-2H3. The van der Waals surface area contributed by atoms with Crippen LogP contribution in [-0.2, 0) is 9.47 Å². The van der Waals surface area contributed by atoms with E-state index < -0.39 is 16.6 Å². The van der Waals surface area contributed by atoms with Crippen LogP contribution in [0.15, 0.2) is 6.07 Å². The molecule has 1 rings (SSSR count). The lowest BCUT2D eigenvalue weighted by Crippen LogP contribution is -2.12. The molecule has 0 saturated carbocycles.